The average molecular weight is 254 g/mol. The van der Waals surface area contributed by atoms with Crippen LogP contribution in [0.25, 0.3) is 0 Å². The highest BCUT2D eigenvalue weighted by Crippen LogP contribution is 2.07. The number of aliphatic hydroxyl groups excluding tert-OH is 1. The molecule has 0 heterocycles. The molecule has 0 unspecified atom stereocenters. The van der Waals surface area contributed by atoms with Gasteiger partial charge in [-0.1, -0.05) is 18.2 Å². The molecule has 1 atom stereocenters. The maximum atomic E-state index is 9.76. The topological polar surface area (TPSA) is 50.5 Å². The molecule has 0 spiro atoms. The largest absolute Gasteiger partial charge is 0.491 e. The molecule has 4 nitrogen and oxygen atoms in total. The van der Waals surface area contributed by atoms with Crippen LogP contribution in [0, 0.1) is 0 Å². The van der Waals surface area contributed by atoms with Crippen molar-refractivity contribution >= 4 is 0 Å². The maximum absolute atomic E-state index is 9.76. The fourth-order valence-corrected chi connectivity index (χ4v) is 1.69. The highest BCUT2D eigenvalue weighted by atomic mass is 16.5. The first-order valence-corrected chi connectivity index (χ1v) is 6.65. The lowest BCUT2D eigenvalue weighted by Gasteiger charge is -2.11. The van der Waals surface area contributed by atoms with Gasteiger partial charge in [0.05, 0.1) is 27.2 Å². The molecule has 0 amide bonds. The minimum absolute atomic E-state index is 0.361. The Bertz CT molecular complexity index is 304. The molecule has 18 heavy (non-hydrogen) atoms. The van der Waals surface area contributed by atoms with E-state index in [-0.39, 0.29) is 0 Å². The zero-order valence-corrected chi connectivity index (χ0v) is 11.4. The zero-order valence-electron chi connectivity index (χ0n) is 11.4. The number of hydrogen-bond acceptors (Lipinski definition) is 2. The second kappa shape index (κ2) is 8.91. The minimum Gasteiger partial charge on any atom is -0.491 e. The third kappa shape index (κ3) is 7.27. The Hall–Kier alpha value is -1.10. The summed E-state index contributed by atoms with van der Waals surface area (Å²) >= 11 is 0. The molecule has 0 aliphatic carbocycles. The monoisotopic (exact) mass is 254 g/mol. The van der Waals surface area contributed by atoms with Gasteiger partial charge in [-0.05, 0) is 12.1 Å². The third-order valence-electron chi connectivity index (χ3n) is 2.71. The van der Waals surface area contributed by atoms with Gasteiger partial charge in [0.2, 0.25) is 0 Å². The molecular formula is C14H26N2O2+2. The average Bonchev–Trinajstić information content (AvgIpc) is 2.37. The molecule has 0 aromatic heterocycles. The van der Waals surface area contributed by atoms with Gasteiger partial charge in [0.1, 0.15) is 25.0 Å². The van der Waals surface area contributed by atoms with Crippen LogP contribution in [0.3, 0.4) is 0 Å². The van der Waals surface area contributed by atoms with Gasteiger partial charge in [-0.25, -0.2) is 0 Å². The summed E-state index contributed by atoms with van der Waals surface area (Å²) in [6.07, 6.45) is 0.770. The number of benzene rings is 1. The van der Waals surface area contributed by atoms with Gasteiger partial charge in [-0.3, -0.25) is 0 Å². The van der Waals surface area contributed by atoms with Crippen molar-refractivity contribution in [2.24, 2.45) is 0 Å². The van der Waals surface area contributed by atoms with Crippen molar-refractivity contribution in [1.29, 1.82) is 0 Å². The number of ether oxygens (including phenoxy) is 1. The molecule has 1 aromatic carbocycles. The number of aliphatic hydroxyl groups is 1. The highest BCUT2D eigenvalue weighted by molar-refractivity contribution is 5.20. The first-order valence-electron chi connectivity index (χ1n) is 6.65. The van der Waals surface area contributed by atoms with E-state index in [2.05, 4.69) is 19.4 Å². The summed E-state index contributed by atoms with van der Waals surface area (Å²) in [6.45, 7) is 3.30. The molecular weight excluding hydrogens is 228 g/mol. The first kappa shape index (κ1) is 15.0. The summed E-state index contributed by atoms with van der Waals surface area (Å²) in [7, 11) is 4.31. The molecule has 102 valence electrons. The van der Waals surface area contributed by atoms with E-state index >= 15 is 0 Å². The number of rotatable bonds is 9. The minimum atomic E-state index is -0.406. The second-order valence-electron chi connectivity index (χ2n) is 4.90. The van der Waals surface area contributed by atoms with Crippen molar-refractivity contribution in [3.05, 3.63) is 30.3 Å². The van der Waals surface area contributed by atoms with E-state index < -0.39 is 6.10 Å². The smallest absolute Gasteiger partial charge is 0.137 e. The van der Waals surface area contributed by atoms with Crippen LogP contribution in [0.2, 0.25) is 0 Å². The molecule has 4 N–H and O–H groups in total. The Morgan fingerprint density at radius 3 is 2.67 bits per heavy atom. The summed E-state index contributed by atoms with van der Waals surface area (Å²) in [6, 6.07) is 9.60. The van der Waals surface area contributed by atoms with Gasteiger partial charge in [-0.15, -0.1) is 0 Å². The molecule has 0 saturated heterocycles. The molecule has 4 heteroatoms. The summed E-state index contributed by atoms with van der Waals surface area (Å²) in [5.41, 5.74) is 0. The fourth-order valence-electron chi connectivity index (χ4n) is 1.69. The molecule has 0 saturated carbocycles. The normalized spacial score (nSPS) is 12.7. The molecule has 0 radical (unpaired) electrons. The van der Waals surface area contributed by atoms with Crippen LogP contribution in [-0.4, -0.2) is 51.5 Å². The SMILES string of the molecule is C[NH+](C)CCC[NH2+]C[C@H](O)COc1ccccc1. The quantitative estimate of drug-likeness (QED) is 0.471. The number of quaternary nitrogens is 2. The Morgan fingerprint density at radius 1 is 1.28 bits per heavy atom. The molecule has 0 aliphatic heterocycles. The van der Waals surface area contributed by atoms with Crippen LogP contribution in [0.4, 0.5) is 0 Å². The van der Waals surface area contributed by atoms with Gasteiger partial charge in [-0.2, -0.15) is 0 Å². The lowest BCUT2D eigenvalue weighted by atomic mass is 10.3. The number of hydrogen-bond donors (Lipinski definition) is 3. The third-order valence-corrected chi connectivity index (χ3v) is 2.71. The molecule has 1 rings (SSSR count). The van der Waals surface area contributed by atoms with E-state index in [0.717, 1.165) is 12.3 Å². The Labute approximate surface area is 110 Å². The van der Waals surface area contributed by atoms with E-state index in [4.69, 9.17) is 4.74 Å². The Morgan fingerprint density at radius 2 is 2.00 bits per heavy atom. The summed E-state index contributed by atoms with van der Waals surface area (Å²) in [4.78, 5) is 1.47. The van der Waals surface area contributed by atoms with Gasteiger partial charge < -0.3 is 20.1 Å². The highest BCUT2D eigenvalue weighted by Gasteiger charge is 2.07. The van der Waals surface area contributed by atoms with E-state index in [1.165, 1.54) is 17.9 Å². The number of nitrogens with two attached hydrogens (primary N) is 1. The van der Waals surface area contributed by atoms with Crippen molar-refractivity contribution in [2.75, 3.05) is 40.3 Å². The lowest BCUT2D eigenvalue weighted by molar-refractivity contribution is -0.860. The van der Waals surface area contributed by atoms with Gasteiger partial charge in [0.15, 0.2) is 0 Å². The van der Waals surface area contributed by atoms with Crippen molar-refractivity contribution < 1.29 is 20.1 Å². The van der Waals surface area contributed by atoms with Crippen molar-refractivity contribution in [3.63, 3.8) is 0 Å². The lowest BCUT2D eigenvalue weighted by Crippen LogP contribution is -3.06. The standard InChI is InChI=1S/C14H24N2O2/c1-16(2)10-6-9-15-11-13(17)12-18-14-7-4-3-5-8-14/h3-5,7-8,13,15,17H,6,9-12H2,1-2H3/p+2/t13-/m0/s1. The van der Waals surface area contributed by atoms with Crippen LogP contribution < -0.4 is 15.0 Å². The summed E-state index contributed by atoms with van der Waals surface area (Å²) in [5, 5.41) is 11.9. The predicted octanol–water partition coefficient (Wildman–Crippen LogP) is -1.48. The number of para-hydroxylation sites is 1. The molecule has 0 bridgehead atoms. The summed E-state index contributed by atoms with van der Waals surface area (Å²) < 4.78 is 5.49. The van der Waals surface area contributed by atoms with Gasteiger partial charge >= 0.3 is 0 Å². The molecule has 1 aromatic rings. The van der Waals surface area contributed by atoms with E-state index in [0.29, 0.717) is 13.2 Å². The molecule has 0 aliphatic rings. The zero-order chi connectivity index (χ0) is 13.2. The second-order valence-corrected chi connectivity index (χ2v) is 4.90. The Balaban J connectivity index is 2.02. The van der Waals surface area contributed by atoms with Gasteiger partial charge in [0, 0.05) is 6.42 Å². The van der Waals surface area contributed by atoms with Crippen LogP contribution in [0.15, 0.2) is 30.3 Å². The first-order chi connectivity index (χ1) is 8.68. The van der Waals surface area contributed by atoms with Crippen molar-refractivity contribution in [1.82, 2.24) is 0 Å². The summed E-state index contributed by atoms with van der Waals surface area (Å²) in [5.74, 6) is 0.813. The van der Waals surface area contributed by atoms with E-state index in [1.807, 2.05) is 30.3 Å². The van der Waals surface area contributed by atoms with Crippen molar-refractivity contribution in [2.45, 2.75) is 12.5 Å². The van der Waals surface area contributed by atoms with Crippen LogP contribution in [0.5, 0.6) is 5.75 Å². The fraction of sp³-hybridized carbons (Fsp3) is 0.571. The van der Waals surface area contributed by atoms with E-state index in [9.17, 15) is 5.11 Å². The number of nitrogens with one attached hydrogen (secondary N) is 1. The van der Waals surface area contributed by atoms with Crippen LogP contribution in [-0.2, 0) is 0 Å². The maximum Gasteiger partial charge on any atom is 0.137 e. The van der Waals surface area contributed by atoms with Crippen LogP contribution >= 0.6 is 0 Å². The van der Waals surface area contributed by atoms with Crippen LogP contribution in [0.1, 0.15) is 6.42 Å². The Kier molecular flexibility index (Phi) is 7.41. The van der Waals surface area contributed by atoms with Crippen molar-refractivity contribution in [3.8, 4) is 5.75 Å². The predicted molar refractivity (Wildman–Crippen MR) is 71.9 cm³/mol. The van der Waals surface area contributed by atoms with Gasteiger partial charge in [0.25, 0.3) is 0 Å². The molecule has 0 fully saturated rings. The van der Waals surface area contributed by atoms with E-state index in [1.54, 1.807) is 0 Å².